The van der Waals surface area contributed by atoms with Crippen molar-refractivity contribution in [1.29, 1.82) is 0 Å². The molecular weight excluding hydrogens is 356 g/mol. The van der Waals surface area contributed by atoms with Crippen LogP contribution in [0.1, 0.15) is 10.4 Å². The van der Waals surface area contributed by atoms with E-state index in [0.29, 0.717) is 27.7 Å². The third kappa shape index (κ3) is 4.20. The second-order valence-electron chi connectivity index (χ2n) is 5.34. The Bertz CT molecular complexity index is 924. The van der Waals surface area contributed by atoms with Gasteiger partial charge in [0, 0.05) is 23.0 Å². The number of halogens is 1. The molecule has 0 aliphatic heterocycles. The molecule has 2 amide bonds. The molecule has 132 valence electrons. The molecule has 3 rings (SSSR count). The lowest BCUT2D eigenvalue weighted by Gasteiger charge is -2.12. The lowest BCUT2D eigenvalue weighted by molar-refractivity contribution is -0.118. The molecule has 8 heteroatoms. The number of carbonyl (C=O) groups is 2. The van der Waals surface area contributed by atoms with Gasteiger partial charge in [-0.15, -0.1) is 0 Å². The van der Waals surface area contributed by atoms with Gasteiger partial charge in [0.2, 0.25) is 5.91 Å². The molecule has 1 aromatic heterocycles. The summed E-state index contributed by atoms with van der Waals surface area (Å²) in [4.78, 5) is 23.2. The maximum Gasteiger partial charge on any atom is 0.262 e. The Hall–Kier alpha value is -3.32. The summed E-state index contributed by atoms with van der Waals surface area (Å²) in [7, 11) is 0. The van der Waals surface area contributed by atoms with Crippen molar-refractivity contribution in [3.63, 3.8) is 0 Å². The quantitative estimate of drug-likeness (QED) is 0.696. The number of rotatable bonds is 6. The summed E-state index contributed by atoms with van der Waals surface area (Å²) in [6.45, 7) is -0.207. The van der Waals surface area contributed by atoms with Crippen molar-refractivity contribution < 1.29 is 14.3 Å². The summed E-state index contributed by atoms with van der Waals surface area (Å²) in [5.41, 5.74) is 6.73. The average molecular weight is 371 g/mol. The highest BCUT2D eigenvalue weighted by molar-refractivity contribution is 6.31. The number of carbonyl (C=O) groups excluding carboxylic acids is 2. The highest BCUT2D eigenvalue weighted by Crippen LogP contribution is 2.24. The molecule has 7 nitrogen and oxygen atoms in total. The molecule has 0 fully saturated rings. The van der Waals surface area contributed by atoms with Crippen molar-refractivity contribution in [2.75, 3.05) is 11.9 Å². The van der Waals surface area contributed by atoms with Crippen LogP contribution in [0.2, 0.25) is 5.02 Å². The fourth-order valence-electron chi connectivity index (χ4n) is 2.27. The topological polar surface area (TPSA) is 99.2 Å². The molecule has 0 unspecified atom stereocenters. The molecular formula is C18H15ClN4O3. The van der Waals surface area contributed by atoms with E-state index in [0.717, 1.165) is 0 Å². The Morgan fingerprint density at radius 2 is 1.96 bits per heavy atom. The minimum atomic E-state index is -0.526. The van der Waals surface area contributed by atoms with Crippen LogP contribution in [0.15, 0.2) is 60.9 Å². The second-order valence-corrected chi connectivity index (χ2v) is 5.77. The minimum Gasteiger partial charge on any atom is -0.484 e. The van der Waals surface area contributed by atoms with Crippen LogP contribution < -0.4 is 15.8 Å². The van der Waals surface area contributed by atoms with E-state index in [4.69, 9.17) is 22.1 Å². The lowest BCUT2D eigenvalue weighted by atomic mass is 10.2. The number of primary amides is 1. The van der Waals surface area contributed by atoms with Crippen LogP contribution >= 0.6 is 11.6 Å². The molecule has 0 saturated carbocycles. The predicted molar refractivity (Wildman–Crippen MR) is 97.7 cm³/mol. The van der Waals surface area contributed by atoms with E-state index in [1.807, 2.05) is 0 Å². The molecule has 1 heterocycles. The molecule has 0 radical (unpaired) electrons. The summed E-state index contributed by atoms with van der Waals surface area (Å²) in [6, 6.07) is 13.1. The van der Waals surface area contributed by atoms with E-state index in [-0.39, 0.29) is 12.5 Å². The first kappa shape index (κ1) is 17.5. The van der Waals surface area contributed by atoms with Gasteiger partial charge in [0.05, 0.1) is 11.4 Å². The van der Waals surface area contributed by atoms with Gasteiger partial charge in [-0.05, 0) is 48.5 Å². The van der Waals surface area contributed by atoms with Crippen LogP contribution in [0.25, 0.3) is 5.69 Å². The number of aromatic nitrogens is 2. The smallest absolute Gasteiger partial charge is 0.262 e. The molecule has 3 N–H and O–H groups in total. The van der Waals surface area contributed by atoms with Crippen LogP contribution in [0, 0.1) is 0 Å². The van der Waals surface area contributed by atoms with Crippen LogP contribution in [0.4, 0.5) is 5.69 Å². The van der Waals surface area contributed by atoms with E-state index in [2.05, 4.69) is 10.4 Å². The van der Waals surface area contributed by atoms with Gasteiger partial charge < -0.3 is 15.8 Å². The zero-order valence-electron chi connectivity index (χ0n) is 13.6. The Morgan fingerprint density at radius 3 is 2.62 bits per heavy atom. The first-order valence-corrected chi connectivity index (χ1v) is 8.03. The molecule has 0 saturated heterocycles. The number of nitrogens with one attached hydrogen (secondary N) is 1. The molecule has 0 bridgehead atoms. The van der Waals surface area contributed by atoms with Crippen LogP contribution in [-0.4, -0.2) is 28.2 Å². The predicted octanol–water partition coefficient (Wildman–Crippen LogP) is 2.64. The number of anilines is 1. The average Bonchev–Trinajstić information content (AvgIpc) is 3.15. The fourth-order valence-corrected chi connectivity index (χ4v) is 2.44. The summed E-state index contributed by atoms with van der Waals surface area (Å²) in [5, 5.41) is 7.39. The van der Waals surface area contributed by atoms with Crippen LogP contribution in [-0.2, 0) is 4.79 Å². The van der Waals surface area contributed by atoms with E-state index in [1.165, 1.54) is 12.1 Å². The van der Waals surface area contributed by atoms with Gasteiger partial charge >= 0.3 is 0 Å². The van der Waals surface area contributed by atoms with Crippen LogP contribution in [0.5, 0.6) is 5.75 Å². The van der Waals surface area contributed by atoms with Gasteiger partial charge in [-0.2, -0.15) is 5.10 Å². The lowest BCUT2D eigenvalue weighted by Crippen LogP contribution is -2.21. The van der Waals surface area contributed by atoms with E-state index < -0.39 is 5.91 Å². The first-order chi connectivity index (χ1) is 12.5. The summed E-state index contributed by atoms with van der Waals surface area (Å²) < 4.78 is 7.04. The SMILES string of the molecule is NC(=O)c1ccc(OCC(=O)Nc2cc(Cl)ccc2-n2cccn2)cc1. The summed E-state index contributed by atoms with van der Waals surface area (Å²) in [5.74, 6) is -0.440. The Kier molecular flexibility index (Phi) is 5.19. The number of nitrogens with two attached hydrogens (primary N) is 1. The summed E-state index contributed by atoms with van der Waals surface area (Å²) in [6.07, 6.45) is 3.40. The van der Waals surface area contributed by atoms with Crippen molar-refractivity contribution in [3.05, 3.63) is 71.5 Å². The van der Waals surface area contributed by atoms with E-state index in [9.17, 15) is 9.59 Å². The van der Waals surface area contributed by atoms with Crippen molar-refractivity contribution in [2.24, 2.45) is 5.73 Å². The van der Waals surface area contributed by atoms with Gasteiger partial charge in [0.1, 0.15) is 5.75 Å². The molecule has 2 aromatic carbocycles. The standard InChI is InChI=1S/C18H15ClN4O3/c19-13-4-7-16(23-9-1-8-21-23)15(10-13)22-17(24)11-26-14-5-2-12(3-6-14)18(20)25/h1-10H,11H2,(H2,20,25)(H,22,24). The second kappa shape index (κ2) is 7.71. The highest BCUT2D eigenvalue weighted by atomic mass is 35.5. The zero-order chi connectivity index (χ0) is 18.5. The third-order valence-electron chi connectivity index (χ3n) is 3.49. The Morgan fingerprint density at radius 1 is 1.19 bits per heavy atom. The molecule has 0 aliphatic carbocycles. The van der Waals surface area contributed by atoms with Crippen molar-refractivity contribution in [2.45, 2.75) is 0 Å². The molecule has 0 spiro atoms. The third-order valence-corrected chi connectivity index (χ3v) is 3.73. The fraction of sp³-hybridized carbons (Fsp3) is 0.0556. The van der Waals surface area contributed by atoms with Crippen molar-refractivity contribution >= 4 is 29.1 Å². The van der Waals surface area contributed by atoms with Gasteiger partial charge in [-0.3, -0.25) is 9.59 Å². The number of benzene rings is 2. The zero-order valence-corrected chi connectivity index (χ0v) is 14.3. The number of amides is 2. The molecule has 3 aromatic rings. The highest BCUT2D eigenvalue weighted by Gasteiger charge is 2.11. The number of hydrogen-bond acceptors (Lipinski definition) is 4. The van der Waals surface area contributed by atoms with Gasteiger partial charge in [-0.25, -0.2) is 4.68 Å². The Labute approximate surface area is 154 Å². The minimum absolute atomic E-state index is 0.207. The van der Waals surface area contributed by atoms with E-state index >= 15 is 0 Å². The number of ether oxygens (including phenoxy) is 1. The van der Waals surface area contributed by atoms with E-state index in [1.54, 1.807) is 53.5 Å². The van der Waals surface area contributed by atoms with Gasteiger partial charge in [0.15, 0.2) is 6.61 Å². The molecule has 26 heavy (non-hydrogen) atoms. The van der Waals surface area contributed by atoms with Gasteiger partial charge in [-0.1, -0.05) is 11.6 Å². The molecule has 0 aliphatic rings. The van der Waals surface area contributed by atoms with Gasteiger partial charge in [0.25, 0.3) is 5.91 Å². The number of nitrogens with zero attached hydrogens (tertiary/aromatic N) is 2. The monoisotopic (exact) mass is 370 g/mol. The van der Waals surface area contributed by atoms with Crippen molar-refractivity contribution in [3.8, 4) is 11.4 Å². The maximum absolute atomic E-state index is 12.2. The van der Waals surface area contributed by atoms with Crippen molar-refractivity contribution in [1.82, 2.24) is 9.78 Å². The Balaban J connectivity index is 1.67. The largest absolute Gasteiger partial charge is 0.484 e. The number of hydrogen-bond donors (Lipinski definition) is 2. The molecule has 0 atom stereocenters. The normalized spacial score (nSPS) is 10.3. The summed E-state index contributed by atoms with van der Waals surface area (Å²) >= 11 is 6.03. The first-order valence-electron chi connectivity index (χ1n) is 7.65. The maximum atomic E-state index is 12.2. The van der Waals surface area contributed by atoms with Crippen LogP contribution in [0.3, 0.4) is 0 Å².